The van der Waals surface area contributed by atoms with Gasteiger partial charge in [0.1, 0.15) is 0 Å². The zero-order valence-electron chi connectivity index (χ0n) is 12.7. The molecule has 0 N–H and O–H groups in total. The fraction of sp³-hybridized carbons (Fsp3) is 1.00. The molecule has 0 heterocycles. The van der Waals surface area contributed by atoms with Crippen molar-refractivity contribution in [2.24, 2.45) is 22.7 Å². The molecule has 0 spiro atoms. The lowest BCUT2D eigenvalue weighted by atomic mass is 9.63. The van der Waals surface area contributed by atoms with E-state index in [1.54, 1.807) is 0 Å². The number of rotatable bonds is 5. The molecule has 2 aliphatic carbocycles. The van der Waals surface area contributed by atoms with Crippen molar-refractivity contribution >= 4 is 43.7 Å². The van der Waals surface area contributed by atoms with Crippen molar-refractivity contribution in [3.63, 3.8) is 0 Å². The van der Waals surface area contributed by atoms with Gasteiger partial charge in [-0.2, -0.15) is 25.3 Å². The second kappa shape index (κ2) is 7.90. The summed E-state index contributed by atoms with van der Waals surface area (Å²) in [6.45, 7) is 0. The molecular weight excluding hydrogens is 318 g/mol. The summed E-state index contributed by atoms with van der Waals surface area (Å²) in [5.74, 6) is 4.05. The summed E-state index contributed by atoms with van der Waals surface area (Å²) >= 11 is 9.16. The molecule has 0 amide bonds. The SMILES string of the molecule is PCC1(CP)CCC(C2CCC(CS)(CS)CC2)CC1. The second-order valence-corrected chi connectivity index (χ2v) is 8.85. The normalized spacial score (nSPS) is 27.6. The maximum atomic E-state index is 4.58. The molecule has 4 heteroatoms. The summed E-state index contributed by atoms with van der Waals surface area (Å²) in [4.78, 5) is 0. The first-order valence-corrected chi connectivity index (χ1v) is 11.1. The zero-order valence-corrected chi connectivity index (χ0v) is 16.8. The van der Waals surface area contributed by atoms with Crippen LogP contribution in [0.5, 0.6) is 0 Å². The first-order chi connectivity index (χ1) is 9.62. The summed E-state index contributed by atoms with van der Waals surface area (Å²) in [7, 11) is 5.98. The van der Waals surface area contributed by atoms with Crippen molar-refractivity contribution in [1.82, 2.24) is 0 Å². The fourth-order valence-electron chi connectivity index (χ4n) is 4.31. The van der Waals surface area contributed by atoms with Crippen LogP contribution in [-0.4, -0.2) is 23.8 Å². The van der Waals surface area contributed by atoms with Crippen LogP contribution in [0.1, 0.15) is 51.4 Å². The molecule has 2 atom stereocenters. The van der Waals surface area contributed by atoms with Crippen LogP contribution in [0.3, 0.4) is 0 Å². The van der Waals surface area contributed by atoms with Gasteiger partial charge in [-0.3, -0.25) is 0 Å². The maximum absolute atomic E-state index is 4.58. The Hall–Kier alpha value is 1.56. The lowest BCUT2D eigenvalue weighted by molar-refractivity contribution is 0.100. The molecule has 0 saturated heterocycles. The third-order valence-electron chi connectivity index (χ3n) is 6.39. The first kappa shape index (κ1) is 17.9. The Bertz CT molecular complexity index is 251. The van der Waals surface area contributed by atoms with E-state index in [-0.39, 0.29) is 0 Å². The summed E-state index contributed by atoms with van der Waals surface area (Å²) in [6.07, 6.45) is 14.0. The summed E-state index contributed by atoms with van der Waals surface area (Å²) in [5, 5.41) is 0. The molecule has 2 aliphatic rings. The van der Waals surface area contributed by atoms with Gasteiger partial charge in [-0.15, -0.1) is 18.5 Å². The Morgan fingerprint density at radius 3 is 1.35 bits per heavy atom. The molecule has 0 aromatic heterocycles. The van der Waals surface area contributed by atoms with E-state index in [1.807, 2.05) is 0 Å². The smallest absolute Gasteiger partial charge is 0.00333 e. The molecule has 0 radical (unpaired) electrons. The van der Waals surface area contributed by atoms with Gasteiger partial charge < -0.3 is 0 Å². The third-order valence-corrected chi connectivity index (χ3v) is 9.46. The minimum Gasteiger partial charge on any atom is -0.179 e. The van der Waals surface area contributed by atoms with E-state index >= 15 is 0 Å². The highest BCUT2D eigenvalue weighted by atomic mass is 32.1. The second-order valence-electron chi connectivity index (χ2n) is 7.40. The predicted molar refractivity (Wildman–Crippen MR) is 106 cm³/mol. The van der Waals surface area contributed by atoms with Gasteiger partial charge in [0, 0.05) is 0 Å². The van der Waals surface area contributed by atoms with Crippen molar-refractivity contribution in [3.05, 3.63) is 0 Å². The highest BCUT2D eigenvalue weighted by Gasteiger charge is 2.39. The summed E-state index contributed by atoms with van der Waals surface area (Å²) in [5.41, 5.74) is 1.07. The van der Waals surface area contributed by atoms with E-state index in [1.165, 1.54) is 63.7 Å². The number of thiol groups is 2. The molecule has 2 rings (SSSR count). The number of hydrogen-bond donors (Lipinski definition) is 2. The highest BCUT2D eigenvalue weighted by molar-refractivity contribution is 7.81. The predicted octanol–water partition coefficient (Wildman–Crippen LogP) is 4.95. The molecule has 0 aromatic carbocycles. The molecule has 2 saturated carbocycles. The molecule has 0 aromatic rings. The molecule has 118 valence electrons. The van der Waals surface area contributed by atoms with Crippen LogP contribution in [-0.2, 0) is 0 Å². The van der Waals surface area contributed by atoms with Crippen LogP contribution in [0.15, 0.2) is 0 Å². The largest absolute Gasteiger partial charge is 0.179 e. The van der Waals surface area contributed by atoms with Crippen molar-refractivity contribution in [2.75, 3.05) is 23.8 Å². The lowest BCUT2D eigenvalue weighted by Crippen LogP contribution is -2.37. The summed E-state index contributed by atoms with van der Waals surface area (Å²) < 4.78 is 0. The first-order valence-electron chi connectivity index (χ1n) is 8.24. The van der Waals surface area contributed by atoms with E-state index in [4.69, 9.17) is 0 Å². The highest BCUT2D eigenvalue weighted by Crippen LogP contribution is 2.49. The van der Waals surface area contributed by atoms with Crippen LogP contribution < -0.4 is 0 Å². The Morgan fingerprint density at radius 2 is 1.05 bits per heavy atom. The van der Waals surface area contributed by atoms with Gasteiger partial charge in [-0.1, -0.05) is 0 Å². The van der Waals surface area contributed by atoms with E-state index in [9.17, 15) is 0 Å². The average Bonchev–Trinajstić information content (AvgIpc) is 2.55. The fourth-order valence-corrected chi connectivity index (χ4v) is 6.82. The van der Waals surface area contributed by atoms with Crippen molar-refractivity contribution in [1.29, 1.82) is 0 Å². The quantitative estimate of drug-likeness (QED) is 0.509. The van der Waals surface area contributed by atoms with Crippen LogP contribution >= 0.6 is 43.7 Å². The van der Waals surface area contributed by atoms with Crippen LogP contribution in [0, 0.1) is 22.7 Å². The third kappa shape index (κ3) is 3.90. The minimum atomic E-state index is 0.446. The standard InChI is InChI=1S/C16H32P2S2/c17-9-15(10-18)5-1-13(2-6-15)14-3-7-16(11-19,12-20)8-4-14/h13-14,19-20H,1-12,17-18H2. The number of hydrogen-bond acceptors (Lipinski definition) is 2. The maximum Gasteiger partial charge on any atom is -0.00333 e. The lowest BCUT2D eigenvalue weighted by Gasteiger charge is -2.45. The molecule has 2 unspecified atom stereocenters. The Labute approximate surface area is 141 Å². The zero-order chi connectivity index (χ0) is 14.6. The van der Waals surface area contributed by atoms with Gasteiger partial charge in [0.25, 0.3) is 0 Å². The van der Waals surface area contributed by atoms with Crippen LogP contribution in [0.25, 0.3) is 0 Å². The van der Waals surface area contributed by atoms with Gasteiger partial charge in [0.05, 0.1) is 0 Å². The minimum absolute atomic E-state index is 0.446. The summed E-state index contributed by atoms with van der Waals surface area (Å²) in [6, 6.07) is 0. The molecule has 2 fully saturated rings. The molecule has 20 heavy (non-hydrogen) atoms. The Morgan fingerprint density at radius 1 is 0.700 bits per heavy atom. The van der Waals surface area contributed by atoms with E-state index in [2.05, 4.69) is 43.7 Å². The monoisotopic (exact) mass is 350 g/mol. The van der Waals surface area contributed by atoms with Gasteiger partial charge >= 0.3 is 0 Å². The molecule has 0 bridgehead atoms. The Kier molecular flexibility index (Phi) is 7.07. The van der Waals surface area contributed by atoms with E-state index < -0.39 is 0 Å². The van der Waals surface area contributed by atoms with Gasteiger partial charge in [0.2, 0.25) is 0 Å². The van der Waals surface area contributed by atoms with E-state index in [0.29, 0.717) is 10.8 Å². The van der Waals surface area contributed by atoms with Gasteiger partial charge in [-0.05, 0) is 97.9 Å². The molecular formula is C16H32P2S2. The van der Waals surface area contributed by atoms with Crippen LogP contribution in [0.4, 0.5) is 0 Å². The van der Waals surface area contributed by atoms with Crippen molar-refractivity contribution in [2.45, 2.75) is 51.4 Å². The Balaban J connectivity index is 1.84. The van der Waals surface area contributed by atoms with Crippen molar-refractivity contribution < 1.29 is 0 Å². The van der Waals surface area contributed by atoms with Gasteiger partial charge in [0.15, 0.2) is 0 Å². The topological polar surface area (TPSA) is 0 Å². The van der Waals surface area contributed by atoms with Crippen LogP contribution in [0.2, 0.25) is 0 Å². The molecule has 0 nitrogen and oxygen atoms in total. The van der Waals surface area contributed by atoms with Gasteiger partial charge in [-0.25, -0.2) is 0 Å². The van der Waals surface area contributed by atoms with E-state index in [0.717, 1.165) is 23.3 Å². The average molecular weight is 351 g/mol. The molecule has 0 aliphatic heterocycles. The van der Waals surface area contributed by atoms with Crippen molar-refractivity contribution in [3.8, 4) is 0 Å².